The lowest BCUT2D eigenvalue weighted by Crippen LogP contribution is -2.45. The van der Waals surface area contributed by atoms with Gasteiger partial charge in [-0.25, -0.2) is 0 Å². The average Bonchev–Trinajstić information content (AvgIpc) is 2.98. The highest BCUT2D eigenvalue weighted by molar-refractivity contribution is 8.93. The van der Waals surface area contributed by atoms with E-state index in [2.05, 4.69) is 5.32 Å². The summed E-state index contributed by atoms with van der Waals surface area (Å²) in [6.07, 6.45) is 1.30. The first-order valence-corrected chi connectivity index (χ1v) is 7.69. The Morgan fingerprint density at radius 2 is 1.81 bits per heavy atom. The molecule has 1 aromatic heterocycles. The van der Waals surface area contributed by atoms with Gasteiger partial charge < -0.3 is 10.4 Å². The molecule has 0 bridgehead atoms. The second-order valence-electron chi connectivity index (χ2n) is 5.17. The van der Waals surface area contributed by atoms with Crippen LogP contribution in [-0.2, 0) is 10.2 Å². The van der Waals surface area contributed by atoms with Crippen molar-refractivity contribution < 1.29 is 9.90 Å². The lowest BCUT2D eigenvalue weighted by atomic mass is 9.73. The predicted molar refractivity (Wildman–Crippen MR) is 91.5 cm³/mol. The Morgan fingerprint density at radius 3 is 2.43 bits per heavy atom. The van der Waals surface area contributed by atoms with E-state index in [1.165, 1.54) is 0 Å². The van der Waals surface area contributed by atoms with Crippen molar-refractivity contribution in [3.05, 3.63) is 47.3 Å². The van der Waals surface area contributed by atoms with Gasteiger partial charge in [-0.1, -0.05) is 30.3 Å². The molecule has 2 N–H and O–H groups in total. The van der Waals surface area contributed by atoms with Gasteiger partial charge in [-0.3, -0.25) is 4.79 Å². The van der Waals surface area contributed by atoms with Gasteiger partial charge >= 0.3 is 5.97 Å². The third kappa shape index (κ3) is 2.91. The van der Waals surface area contributed by atoms with Crippen molar-refractivity contribution in [2.24, 2.45) is 0 Å². The summed E-state index contributed by atoms with van der Waals surface area (Å²) in [6.45, 7) is 1.52. The number of halogens is 1. The molecule has 21 heavy (non-hydrogen) atoms. The highest BCUT2D eigenvalue weighted by atomic mass is 79.9. The molecular weight excluding hydrogens is 350 g/mol. The quantitative estimate of drug-likeness (QED) is 0.869. The van der Waals surface area contributed by atoms with E-state index in [0.717, 1.165) is 29.1 Å². The lowest BCUT2D eigenvalue weighted by molar-refractivity contribution is -0.145. The highest BCUT2D eigenvalue weighted by Crippen LogP contribution is 2.42. The molecule has 0 unspecified atom stereocenters. The van der Waals surface area contributed by atoms with Crippen molar-refractivity contribution in [3.8, 4) is 10.4 Å². The van der Waals surface area contributed by atoms with Crippen LogP contribution in [0.25, 0.3) is 10.4 Å². The maximum atomic E-state index is 11.9. The molecule has 1 saturated heterocycles. The van der Waals surface area contributed by atoms with Gasteiger partial charge in [0.1, 0.15) is 0 Å². The van der Waals surface area contributed by atoms with Crippen LogP contribution >= 0.6 is 28.3 Å². The monoisotopic (exact) mass is 367 g/mol. The number of aliphatic carboxylic acids is 1. The SMILES string of the molecule is Br.O=C(O)C1(c2ccsc2-c2ccccc2)CCNCC1. The molecule has 1 aliphatic rings. The number of hydrogen-bond acceptors (Lipinski definition) is 3. The number of carboxylic acids is 1. The second kappa shape index (κ2) is 6.73. The van der Waals surface area contributed by atoms with E-state index in [4.69, 9.17) is 0 Å². The molecule has 0 amide bonds. The molecule has 0 spiro atoms. The molecule has 1 fully saturated rings. The molecule has 0 atom stereocenters. The zero-order valence-corrected chi connectivity index (χ0v) is 14.1. The van der Waals surface area contributed by atoms with Crippen molar-refractivity contribution in [1.82, 2.24) is 5.32 Å². The molecule has 0 saturated carbocycles. The van der Waals surface area contributed by atoms with Crippen LogP contribution in [0, 0.1) is 0 Å². The third-order valence-corrected chi connectivity index (χ3v) is 5.05. The maximum Gasteiger partial charge on any atom is 0.314 e. The summed E-state index contributed by atoms with van der Waals surface area (Å²) in [5.41, 5.74) is 1.34. The number of nitrogens with one attached hydrogen (secondary N) is 1. The van der Waals surface area contributed by atoms with E-state index in [-0.39, 0.29) is 17.0 Å². The Labute approximate surface area is 138 Å². The number of piperidine rings is 1. The van der Waals surface area contributed by atoms with Crippen LogP contribution in [0.2, 0.25) is 0 Å². The fourth-order valence-corrected chi connectivity index (χ4v) is 3.95. The zero-order valence-electron chi connectivity index (χ0n) is 11.5. The van der Waals surface area contributed by atoms with E-state index in [1.807, 2.05) is 41.8 Å². The van der Waals surface area contributed by atoms with Gasteiger partial charge in [-0.2, -0.15) is 0 Å². The topological polar surface area (TPSA) is 49.3 Å². The molecule has 1 aliphatic heterocycles. The molecule has 112 valence electrons. The van der Waals surface area contributed by atoms with Crippen molar-refractivity contribution in [2.45, 2.75) is 18.3 Å². The average molecular weight is 368 g/mol. The van der Waals surface area contributed by atoms with Crippen molar-refractivity contribution in [1.29, 1.82) is 0 Å². The smallest absolute Gasteiger partial charge is 0.314 e. The van der Waals surface area contributed by atoms with E-state index < -0.39 is 11.4 Å². The van der Waals surface area contributed by atoms with Gasteiger partial charge in [0.2, 0.25) is 0 Å². The van der Waals surface area contributed by atoms with Crippen LogP contribution < -0.4 is 5.32 Å². The minimum Gasteiger partial charge on any atom is -0.481 e. The van der Waals surface area contributed by atoms with Gasteiger partial charge in [0.05, 0.1) is 5.41 Å². The highest BCUT2D eigenvalue weighted by Gasteiger charge is 2.43. The number of hydrogen-bond donors (Lipinski definition) is 2. The molecule has 0 aliphatic carbocycles. The Bertz CT molecular complexity index is 606. The van der Waals surface area contributed by atoms with Gasteiger partial charge in [-0.05, 0) is 48.5 Å². The molecule has 3 nitrogen and oxygen atoms in total. The molecular formula is C16H18BrNO2S. The molecule has 5 heteroatoms. The Kier molecular flexibility index (Phi) is 5.19. The lowest BCUT2D eigenvalue weighted by Gasteiger charge is -2.34. The fourth-order valence-electron chi connectivity index (χ4n) is 2.95. The summed E-state index contributed by atoms with van der Waals surface area (Å²) >= 11 is 1.63. The van der Waals surface area contributed by atoms with Crippen LogP contribution in [0.1, 0.15) is 18.4 Å². The van der Waals surface area contributed by atoms with Crippen LogP contribution in [0.5, 0.6) is 0 Å². The van der Waals surface area contributed by atoms with Crippen molar-refractivity contribution >= 4 is 34.3 Å². The number of benzene rings is 1. The first-order chi connectivity index (χ1) is 9.74. The fraction of sp³-hybridized carbons (Fsp3) is 0.312. The number of carbonyl (C=O) groups is 1. The largest absolute Gasteiger partial charge is 0.481 e. The molecule has 0 radical (unpaired) electrons. The first-order valence-electron chi connectivity index (χ1n) is 6.81. The van der Waals surface area contributed by atoms with Crippen LogP contribution in [0.15, 0.2) is 41.8 Å². The Hall–Kier alpha value is -1.17. The van der Waals surface area contributed by atoms with Gasteiger partial charge in [0.15, 0.2) is 0 Å². The predicted octanol–water partition coefficient (Wildman–Crippen LogP) is 3.70. The van der Waals surface area contributed by atoms with Gasteiger partial charge in [0, 0.05) is 4.88 Å². The molecule has 2 heterocycles. The summed E-state index contributed by atoms with van der Waals surface area (Å²) in [5.74, 6) is -0.699. The Balaban J connectivity index is 0.00000161. The third-order valence-electron chi connectivity index (χ3n) is 4.08. The summed E-state index contributed by atoms with van der Waals surface area (Å²) in [4.78, 5) is 13.0. The number of carboxylic acid groups (broad SMARTS) is 1. The van der Waals surface area contributed by atoms with E-state index >= 15 is 0 Å². The van der Waals surface area contributed by atoms with Crippen LogP contribution in [0.4, 0.5) is 0 Å². The van der Waals surface area contributed by atoms with Crippen molar-refractivity contribution in [3.63, 3.8) is 0 Å². The molecule has 3 rings (SSSR count). The minimum absolute atomic E-state index is 0. The van der Waals surface area contributed by atoms with Gasteiger partial charge in [-0.15, -0.1) is 28.3 Å². The maximum absolute atomic E-state index is 11.9. The van der Waals surface area contributed by atoms with Crippen LogP contribution in [-0.4, -0.2) is 24.2 Å². The number of rotatable bonds is 3. The van der Waals surface area contributed by atoms with E-state index in [9.17, 15) is 9.90 Å². The number of thiophene rings is 1. The summed E-state index contributed by atoms with van der Waals surface area (Å²) in [5, 5.41) is 15.1. The first kappa shape index (κ1) is 16.2. The summed E-state index contributed by atoms with van der Waals surface area (Å²) < 4.78 is 0. The normalized spacial score (nSPS) is 17.0. The van der Waals surface area contributed by atoms with Crippen LogP contribution in [0.3, 0.4) is 0 Å². The zero-order chi connectivity index (χ0) is 14.0. The van der Waals surface area contributed by atoms with E-state index in [1.54, 1.807) is 11.3 Å². The second-order valence-corrected chi connectivity index (χ2v) is 6.08. The van der Waals surface area contributed by atoms with Gasteiger partial charge in [0.25, 0.3) is 0 Å². The molecule has 1 aromatic carbocycles. The minimum atomic E-state index is -0.740. The molecule has 2 aromatic rings. The standard InChI is InChI=1S/C16H17NO2S.BrH/c18-15(19)16(7-9-17-10-8-16)13-6-11-20-14(13)12-4-2-1-3-5-12;/h1-6,11,17H,7-10H2,(H,18,19);1H. The summed E-state index contributed by atoms with van der Waals surface area (Å²) in [7, 11) is 0. The van der Waals surface area contributed by atoms with E-state index in [0.29, 0.717) is 12.8 Å². The van der Waals surface area contributed by atoms with Crippen molar-refractivity contribution in [2.75, 3.05) is 13.1 Å². The summed E-state index contributed by atoms with van der Waals surface area (Å²) in [6, 6.07) is 12.1. The Morgan fingerprint density at radius 1 is 1.14 bits per heavy atom.